The summed E-state index contributed by atoms with van der Waals surface area (Å²) in [5.74, 6) is 1.97. The Bertz CT molecular complexity index is 1170. The van der Waals surface area contributed by atoms with E-state index in [-0.39, 0.29) is 16.7 Å². The number of nitrogens with two attached hydrogens (primary N) is 1. The number of carbonyl (C=O) groups is 1. The third-order valence-electron chi connectivity index (χ3n) is 10.7. The van der Waals surface area contributed by atoms with E-state index < -0.39 is 0 Å². The van der Waals surface area contributed by atoms with Crippen LogP contribution in [0.3, 0.4) is 0 Å². The van der Waals surface area contributed by atoms with Gasteiger partial charge < -0.3 is 16.4 Å². The lowest BCUT2D eigenvalue weighted by molar-refractivity contribution is 0.0359. The van der Waals surface area contributed by atoms with Crippen molar-refractivity contribution in [1.82, 2.24) is 5.32 Å². The summed E-state index contributed by atoms with van der Waals surface area (Å²) in [6.07, 6.45) is 14.0. The molecular weight excluding hydrogens is 478 g/mol. The smallest absolute Gasteiger partial charge is 0.251 e. The molecule has 2 aromatic rings. The molecule has 4 heteroatoms. The topological polar surface area (TPSA) is 67.2 Å². The molecule has 3 aliphatic carbocycles. The molecule has 0 heterocycles. The van der Waals surface area contributed by atoms with Gasteiger partial charge in [-0.1, -0.05) is 84.4 Å². The zero-order valence-corrected chi connectivity index (χ0v) is 24.9. The van der Waals surface area contributed by atoms with Crippen LogP contribution < -0.4 is 16.4 Å². The molecule has 2 fully saturated rings. The number of carbonyl (C=O) groups excluding carboxylic acids is 1. The first-order chi connectivity index (χ1) is 18.7. The SMILES string of the molecule is CC(C)c1ccc2c(c1)CC[C@H]1[C@@](C)(CNc3ccc(C(=O)NCCC4CCCCC4)cc3N)CCC[C@]21C. The van der Waals surface area contributed by atoms with Gasteiger partial charge in [-0.05, 0) is 95.6 Å². The van der Waals surface area contributed by atoms with Crippen LogP contribution in [0.1, 0.15) is 125 Å². The zero-order chi connectivity index (χ0) is 27.6. The van der Waals surface area contributed by atoms with E-state index in [1.54, 1.807) is 11.1 Å². The molecule has 39 heavy (non-hydrogen) atoms. The highest BCUT2D eigenvalue weighted by Gasteiger charge is 2.51. The highest BCUT2D eigenvalue weighted by Crippen LogP contribution is 2.57. The van der Waals surface area contributed by atoms with Crippen molar-refractivity contribution < 1.29 is 4.79 Å². The summed E-state index contributed by atoms with van der Waals surface area (Å²) < 4.78 is 0. The van der Waals surface area contributed by atoms with Gasteiger partial charge in [0, 0.05) is 18.7 Å². The molecule has 0 radical (unpaired) electrons. The average molecular weight is 530 g/mol. The molecule has 212 valence electrons. The maximum Gasteiger partial charge on any atom is 0.251 e. The average Bonchev–Trinajstić information content (AvgIpc) is 2.92. The monoisotopic (exact) mass is 529 g/mol. The maximum absolute atomic E-state index is 12.8. The van der Waals surface area contributed by atoms with Gasteiger partial charge in [0.1, 0.15) is 0 Å². The van der Waals surface area contributed by atoms with Crippen LogP contribution >= 0.6 is 0 Å². The predicted octanol–water partition coefficient (Wildman–Crippen LogP) is 8.21. The first-order valence-electron chi connectivity index (χ1n) is 15.7. The minimum absolute atomic E-state index is 0.0134. The second-order valence-corrected chi connectivity index (χ2v) is 13.8. The molecule has 1 amide bonds. The van der Waals surface area contributed by atoms with Crippen molar-refractivity contribution in [1.29, 1.82) is 0 Å². The van der Waals surface area contributed by atoms with Crippen LogP contribution in [0.5, 0.6) is 0 Å². The number of hydrogen-bond donors (Lipinski definition) is 3. The second-order valence-electron chi connectivity index (χ2n) is 13.8. The summed E-state index contributed by atoms with van der Waals surface area (Å²) in [5.41, 5.74) is 13.8. The molecule has 0 spiro atoms. The van der Waals surface area contributed by atoms with Crippen molar-refractivity contribution in [2.24, 2.45) is 17.3 Å². The number of fused-ring (bicyclic) bond motifs is 3. The first kappa shape index (κ1) is 28.1. The van der Waals surface area contributed by atoms with Crippen LogP contribution in [0, 0.1) is 17.3 Å². The number of amides is 1. The van der Waals surface area contributed by atoms with Crippen LogP contribution in [-0.4, -0.2) is 19.0 Å². The maximum atomic E-state index is 12.8. The molecule has 3 atom stereocenters. The second kappa shape index (κ2) is 11.6. The van der Waals surface area contributed by atoms with Crippen molar-refractivity contribution in [2.45, 2.75) is 110 Å². The van der Waals surface area contributed by atoms with E-state index in [0.29, 0.717) is 23.1 Å². The number of aryl methyl sites for hydroxylation is 1. The molecule has 4 N–H and O–H groups in total. The normalized spacial score (nSPS) is 27.1. The molecule has 0 aliphatic heterocycles. The summed E-state index contributed by atoms with van der Waals surface area (Å²) in [7, 11) is 0. The van der Waals surface area contributed by atoms with E-state index in [1.807, 2.05) is 18.2 Å². The largest absolute Gasteiger partial charge is 0.397 e. The van der Waals surface area contributed by atoms with E-state index in [2.05, 4.69) is 56.5 Å². The van der Waals surface area contributed by atoms with Crippen LogP contribution in [0.4, 0.5) is 11.4 Å². The molecule has 0 saturated heterocycles. The molecule has 0 aromatic heterocycles. The molecular formula is C35H51N3O. The number of hydrogen-bond acceptors (Lipinski definition) is 3. The quantitative estimate of drug-likeness (QED) is 0.302. The molecule has 5 rings (SSSR count). The summed E-state index contributed by atoms with van der Waals surface area (Å²) in [6.45, 7) is 11.3. The van der Waals surface area contributed by atoms with Crippen LogP contribution in [-0.2, 0) is 11.8 Å². The Labute approximate surface area is 236 Å². The van der Waals surface area contributed by atoms with E-state index in [4.69, 9.17) is 5.73 Å². The Balaban J connectivity index is 1.22. The lowest BCUT2D eigenvalue weighted by Gasteiger charge is -2.55. The van der Waals surface area contributed by atoms with Gasteiger partial charge in [-0.25, -0.2) is 0 Å². The number of rotatable bonds is 8. The van der Waals surface area contributed by atoms with Crippen molar-refractivity contribution >= 4 is 17.3 Å². The lowest BCUT2D eigenvalue weighted by atomic mass is 9.49. The fourth-order valence-corrected chi connectivity index (χ4v) is 8.34. The summed E-state index contributed by atoms with van der Waals surface area (Å²) in [6, 6.07) is 13.1. The Morgan fingerprint density at radius 2 is 1.79 bits per heavy atom. The Morgan fingerprint density at radius 3 is 2.54 bits per heavy atom. The van der Waals surface area contributed by atoms with Crippen molar-refractivity contribution in [3.63, 3.8) is 0 Å². The van der Waals surface area contributed by atoms with Crippen molar-refractivity contribution in [3.8, 4) is 0 Å². The van der Waals surface area contributed by atoms with Gasteiger partial charge in [-0.2, -0.15) is 0 Å². The molecule has 0 unspecified atom stereocenters. The van der Waals surface area contributed by atoms with Crippen molar-refractivity contribution in [3.05, 3.63) is 58.7 Å². The molecule has 3 aliphatic rings. The Kier molecular flexibility index (Phi) is 8.31. The van der Waals surface area contributed by atoms with Crippen LogP contribution in [0.2, 0.25) is 0 Å². The Morgan fingerprint density at radius 1 is 1.00 bits per heavy atom. The molecule has 4 nitrogen and oxygen atoms in total. The highest BCUT2D eigenvalue weighted by molar-refractivity contribution is 5.96. The fourth-order valence-electron chi connectivity index (χ4n) is 8.34. The number of benzene rings is 2. The fraction of sp³-hybridized carbons (Fsp3) is 0.629. The van der Waals surface area contributed by atoms with Crippen LogP contribution in [0.15, 0.2) is 36.4 Å². The van der Waals surface area contributed by atoms with Gasteiger partial charge in [-0.15, -0.1) is 0 Å². The van der Waals surface area contributed by atoms with Crippen LogP contribution in [0.25, 0.3) is 0 Å². The van der Waals surface area contributed by atoms with E-state index >= 15 is 0 Å². The van der Waals surface area contributed by atoms with Gasteiger partial charge in [0.15, 0.2) is 0 Å². The lowest BCUT2D eigenvalue weighted by Crippen LogP contribution is -2.51. The minimum Gasteiger partial charge on any atom is -0.397 e. The van der Waals surface area contributed by atoms with Gasteiger partial charge >= 0.3 is 0 Å². The molecule has 0 bridgehead atoms. The summed E-state index contributed by atoms with van der Waals surface area (Å²) in [4.78, 5) is 12.8. The Hall–Kier alpha value is -2.49. The number of nitrogen functional groups attached to an aromatic ring is 1. The number of nitrogens with one attached hydrogen (secondary N) is 2. The molecule has 2 saturated carbocycles. The van der Waals surface area contributed by atoms with Gasteiger partial charge in [0.25, 0.3) is 5.91 Å². The minimum atomic E-state index is -0.0134. The summed E-state index contributed by atoms with van der Waals surface area (Å²) >= 11 is 0. The summed E-state index contributed by atoms with van der Waals surface area (Å²) in [5, 5.41) is 6.84. The third kappa shape index (κ3) is 5.86. The molecule has 2 aromatic carbocycles. The van der Waals surface area contributed by atoms with Crippen molar-refractivity contribution in [2.75, 3.05) is 24.1 Å². The standard InChI is InChI=1S/C35H51N3O/c1-24(2)26-11-14-29-27(21-26)13-16-32-34(3,18-8-19-35(29,32)4)23-38-31-15-12-28(22-30(31)36)33(39)37-20-17-25-9-6-5-7-10-25/h11-12,14-15,21-22,24-25,32,38H,5-10,13,16-20,23,36H2,1-4H3,(H,37,39)/t32-,34+,35+/m0/s1. The van der Waals surface area contributed by atoms with E-state index in [9.17, 15) is 4.79 Å². The first-order valence-corrected chi connectivity index (χ1v) is 15.7. The highest BCUT2D eigenvalue weighted by atomic mass is 16.1. The van der Waals surface area contributed by atoms with E-state index in [1.165, 1.54) is 69.8 Å². The predicted molar refractivity (Wildman–Crippen MR) is 165 cm³/mol. The third-order valence-corrected chi connectivity index (χ3v) is 10.7. The zero-order valence-electron chi connectivity index (χ0n) is 24.9. The number of anilines is 2. The van der Waals surface area contributed by atoms with E-state index in [0.717, 1.165) is 31.1 Å². The van der Waals surface area contributed by atoms with Gasteiger partial charge in [-0.3, -0.25) is 4.79 Å². The van der Waals surface area contributed by atoms with Gasteiger partial charge in [0.2, 0.25) is 0 Å². The van der Waals surface area contributed by atoms with Gasteiger partial charge in [0.05, 0.1) is 11.4 Å².